The Morgan fingerprint density at radius 3 is 2.57 bits per heavy atom. The fourth-order valence-electron chi connectivity index (χ4n) is 2.77. The lowest BCUT2D eigenvalue weighted by atomic mass is 10.2. The number of rotatable bonds is 6. The Hall–Kier alpha value is -3.04. The lowest BCUT2D eigenvalue weighted by Crippen LogP contribution is -2.14. The van der Waals surface area contributed by atoms with Crippen molar-refractivity contribution < 1.29 is 9.18 Å². The summed E-state index contributed by atoms with van der Waals surface area (Å²) in [5.74, 6) is 0.0771. The first-order chi connectivity index (χ1) is 14.6. The molecule has 150 valence electrons. The number of amides is 1. The summed E-state index contributed by atoms with van der Waals surface area (Å²) in [7, 11) is 0. The summed E-state index contributed by atoms with van der Waals surface area (Å²) in [4.78, 5) is 16.4. The van der Waals surface area contributed by atoms with Crippen molar-refractivity contribution in [3.63, 3.8) is 0 Å². The molecule has 0 saturated carbocycles. The van der Waals surface area contributed by atoms with E-state index in [-0.39, 0.29) is 11.7 Å². The summed E-state index contributed by atoms with van der Waals surface area (Å²) in [6, 6.07) is 17.2. The molecule has 0 aliphatic heterocycles. The molecule has 4 aromatic rings. The van der Waals surface area contributed by atoms with Gasteiger partial charge in [-0.05, 0) is 54.6 Å². The van der Waals surface area contributed by atoms with Crippen LogP contribution in [0.2, 0.25) is 0 Å². The number of carbonyl (C=O) groups is 1. The van der Waals surface area contributed by atoms with Gasteiger partial charge in [0.25, 0.3) is 0 Å². The van der Waals surface area contributed by atoms with E-state index in [1.54, 1.807) is 24.5 Å². The maximum Gasteiger partial charge on any atom is 0.234 e. The summed E-state index contributed by atoms with van der Waals surface area (Å²) in [6.45, 7) is 0. The highest BCUT2D eigenvalue weighted by Crippen LogP contribution is 2.28. The molecule has 2 aromatic heterocycles. The Balaban J connectivity index is 1.59. The Morgan fingerprint density at radius 2 is 1.83 bits per heavy atom. The first-order valence-corrected chi connectivity index (χ1v) is 10.7. The summed E-state index contributed by atoms with van der Waals surface area (Å²) < 4.78 is 16.2. The third-order valence-corrected chi connectivity index (χ3v) is 5.56. The molecule has 0 bridgehead atoms. The van der Waals surface area contributed by atoms with Crippen LogP contribution in [0.1, 0.15) is 0 Å². The van der Waals surface area contributed by atoms with Crippen LogP contribution in [0.5, 0.6) is 0 Å². The van der Waals surface area contributed by atoms with Gasteiger partial charge in [-0.3, -0.25) is 14.3 Å². The van der Waals surface area contributed by atoms with E-state index < -0.39 is 5.82 Å². The molecule has 1 N–H and O–H groups in total. The molecule has 0 aliphatic carbocycles. The van der Waals surface area contributed by atoms with E-state index in [1.165, 1.54) is 23.9 Å². The van der Waals surface area contributed by atoms with Gasteiger partial charge in [0.1, 0.15) is 5.82 Å². The van der Waals surface area contributed by atoms with Crippen LogP contribution in [0.25, 0.3) is 17.1 Å². The predicted octanol–water partition coefficient (Wildman–Crippen LogP) is 4.96. The highest BCUT2D eigenvalue weighted by Gasteiger charge is 2.17. The molecule has 30 heavy (non-hydrogen) atoms. The van der Waals surface area contributed by atoms with Gasteiger partial charge < -0.3 is 5.32 Å². The van der Waals surface area contributed by atoms with Crippen molar-refractivity contribution in [2.45, 2.75) is 5.16 Å². The Morgan fingerprint density at radius 1 is 1.07 bits per heavy atom. The number of hydrogen-bond donors (Lipinski definition) is 1. The van der Waals surface area contributed by atoms with Gasteiger partial charge in [-0.2, -0.15) is 0 Å². The summed E-state index contributed by atoms with van der Waals surface area (Å²) in [5.41, 5.74) is 2.13. The molecule has 9 heteroatoms. The monoisotopic (exact) mass is 483 g/mol. The molecular weight excluding hydrogens is 469 g/mol. The average Bonchev–Trinajstić information content (AvgIpc) is 3.17. The number of nitrogens with zero attached hydrogens (tertiary/aromatic N) is 4. The Bertz CT molecular complexity index is 1170. The van der Waals surface area contributed by atoms with Crippen molar-refractivity contribution in [1.82, 2.24) is 19.7 Å². The summed E-state index contributed by atoms with van der Waals surface area (Å²) >= 11 is 4.69. The average molecular weight is 484 g/mol. The van der Waals surface area contributed by atoms with E-state index in [0.29, 0.717) is 16.7 Å². The van der Waals surface area contributed by atoms with Crippen LogP contribution in [-0.2, 0) is 4.79 Å². The van der Waals surface area contributed by atoms with Gasteiger partial charge in [-0.25, -0.2) is 4.39 Å². The van der Waals surface area contributed by atoms with Crippen LogP contribution in [0.15, 0.2) is 82.7 Å². The SMILES string of the molecule is O=C(CSc1nnc(-c2ccncc2)n1-c1ccc(Br)cc1)Nc1cccc(F)c1. The van der Waals surface area contributed by atoms with E-state index in [4.69, 9.17) is 0 Å². The number of anilines is 1. The van der Waals surface area contributed by atoms with Gasteiger partial charge >= 0.3 is 0 Å². The van der Waals surface area contributed by atoms with E-state index in [9.17, 15) is 9.18 Å². The maximum atomic E-state index is 13.3. The van der Waals surface area contributed by atoms with Crippen molar-refractivity contribution in [1.29, 1.82) is 0 Å². The van der Waals surface area contributed by atoms with Crippen LogP contribution >= 0.6 is 27.7 Å². The topological polar surface area (TPSA) is 72.7 Å². The number of pyridine rings is 1. The van der Waals surface area contributed by atoms with Gasteiger partial charge in [0, 0.05) is 33.8 Å². The minimum absolute atomic E-state index is 0.0987. The zero-order valence-electron chi connectivity index (χ0n) is 15.5. The number of aromatic nitrogens is 4. The van der Waals surface area contributed by atoms with Gasteiger partial charge in [0.15, 0.2) is 11.0 Å². The molecule has 4 rings (SSSR count). The van der Waals surface area contributed by atoms with E-state index >= 15 is 0 Å². The molecule has 0 atom stereocenters. The first-order valence-electron chi connectivity index (χ1n) is 8.90. The van der Waals surface area contributed by atoms with Crippen LogP contribution in [0.4, 0.5) is 10.1 Å². The molecule has 2 aromatic carbocycles. The molecule has 0 saturated heterocycles. The zero-order valence-corrected chi connectivity index (χ0v) is 17.9. The number of halogens is 2. The highest BCUT2D eigenvalue weighted by molar-refractivity contribution is 9.10. The minimum atomic E-state index is -0.405. The lowest BCUT2D eigenvalue weighted by molar-refractivity contribution is -0.113. The second kappa shape index (κ2) is 9.19. The van der Waals surface area contributed by atoms with Crippen molar-refractivity contribution >= 4 is 39.3 Å². The summed E-state index contributed by atoms with van der Waals surface area (Å²) in [5, 5.41) is 11.9. The molecule has 0 fully saturated rings. The third kappa shape index (κ3) is 4.74. The molecule has 6 nitrogen and oxygen atoms in total. The molecule has 0 radical (unpaired) electrons. The van der Waals surface area contributed by atoms with Crippen LogP contribution in [0.3, 0.4) is 0 Å². The highest BCUT2D eigenvalue weighted by atomic mass is 79.9. The number of carbonyl (C=O) groups excluding carboxylic acids is 1. The van der Waals surface area contributed by atoms with Gasteiger partial charge in [0.2, 0.25) is 5.91 Å². The number of hydrogen-bond acceptors (Lipinski definition) is 5. The number of nitrogens with one attached hydrogen (secondary N) is 1. The van der Waals surface area contributed by atoms with E-state index in [2.05, 4.69) is 36.4 Å². The van der Waals surface area contributed by atoms with Crippen molar-refractivity contribution in [3.8, 4) is 17.1 Å². The van der Waals surface area contributed by atoms with Gasteiger partial charge in [-0.1, -0.05) is 33.8 Å². The Kier molecular flexibility index (Phi) is 6.20. The van der Waals surface area contributed by atoms with Gasteiger partial charge in [-0.15, -0.1) is 10.2 Å². The smallest absolute Gasteiger partial charge is 0.234 e. The van der Waals surface area contributed by atoms with Crippen molar-refractivity contribution in [2.75, 3.05) is 11.1 Å². The van der Waals surface area contributed by atoms with Crippen LogP contribution in [0, 0.1) is 5.82 Å². The molecular formula is C21H15BrFN5OS. The maximum absolute atomic E-state index is 13.3. The van der Waals surface area contributed by atoms with Crippen LogP contribution < -0.4 is 5.32 Å². The van der Waals surface area contributed by atoms with E-state index in [1.807, 2.05) is 41.0 Å². The van der Waals surface area contributed by atoms with Crippen LogP contribution in [-0.4, -0.2) is 31.4 Å². The number of benzene rings is 2. The molecule has 0 spiro atoms. The van der Waals surface area contributed by atoms with Crippen molar-refractivity contribution in [3.05, 3.63) is 83.3 Å². The molecule has 0 aliphatic rings. The number of thioether (sulfide) groups is 1. The largest absolute Gasteiger partial charge is 0.325 e. The van der Waals surface area contributed by atoms with E-state index in [0.717, 1.165) is 15.7 Å². The lowest BCUT2D eigenvalue weighted by Gasteiger charge is -2.10. The molecule has 0 unspecified atom stereocenters. The minimum Gasteiger partial charge on any atom is -0.325 e. The Labute approximate surface area is 184 Å². The summed E-state index contributed by atoms with van der Waals surface area (Å²) in [6.07, 6.45) is 3.38. The zero-order chi connectivity index (χ0) is 20.9. The standard InChI is InChI=1S/C21H15BrFN5OS/c22-15-4-6-18(7-5-15)28-20(14-8-10-24-11-9-14)26-27-21(28)30-13-19(29)25-17-3-1-2-16(23)12-17/h1-12H,13H2,(H,25,29). The fourth-order valence-corrected chi connectivity index (χ4v) is 3.78. The molecule has 1 amide bonds. The quantitative estimate of drug-likeness (QED) is 0.392. The van der Waals surface area contributed by atoms with Crippen molar-refractivity contribution in [2.24, 2.45) is 0 Å². The second-order valence-corrected chi connectivity index (χ2v) is 8.06. The molecule has 2 heterocycles. The second-order valence-electron chi connectivity index (χ2n) is 6.20. The first kappa shape index (κ1) is 20.2. The third-order valence-electron chi connectivity index (χ3n) is 4.10. The normalized spacial score (nSPS) is 10.7. The van der Waals surface area contributed by atoms with Gasteiger partial charge in [0.05, 0.1) is 5.75 Å². The fraction of sp³-hybridized carbons (Fsp3) is 0.0476. The predicted molar refractivity (Wildman–Crippen MR) is 118 cm³/mol.